The molecule has 0 saturated heterocycles. The summed E-state index contributed by atoms with van der Waals surface area (Å²) in [5, 5.41) is 7.34. The molecule has 0 fully saturated rings. The highest BCUT2D eigenvalue weighted by atomic mass is 32.1. The summed E-state index contributed by atoms with van der Waals surface area (Å²) in [6.07, 6.45) is 0. The van der Waals surface area contributed by atoms with Gasteiger partial charge in [-0.2, -0.15) is 0 Å². The van der Waals surface area contributed by atoms with E-state index in [1.807, 2.05) is 36.4 Å². The summed E-state index contributed by atoms with van der Waals surface area (Å²) < 4.78 is 7.25. The molecule has 0 bridgehead atoms. The van der Waals surface area contributed by atoms with Crippen molar-refractivity contribution >= 4 is 75.1 Å². The Morgan fingerprint density at radius 1 is 0.333 bits per heavy atom. The highest BCUT2D eigenvalue weighted by molar-refractivity contribution is 7.26. The van der Waals surface area contributed by atoms with E-state index < -0.39 is 0 Å². The Kier molecular flexibility index (Phi) is 7.03. The van der Waals surface area contributed by atoms with Gasteiger partial charge in [-0.3, -0.25) is 0 Å². The van der Waals surface area contributed by atoms with Crippen LogP contribution in [0.3, 0.4) is 0 Å². The quantitative estimate of drug-likeness (QED) is 0.176. The smallest absolute Gasteiger partial charge is 0.164 e. The number of aromatic nitrogens is 5. The Hall–Kier alpha value is -7.41. The van der Waals surface area contributed by atoms with Crippen LogP contribution in [-0.4, -0.2) is 24.1 Å². The Balaban J connectivity index is 1.11. The van der Waals surface area contributed by atoms with Crippen molar-refractivity contribution in [3.63, 3.8) is 0 Å². The van der Waals surface area contributed by atoms with Gasteiger partial charge in [0.15, 0.2) is 17.5 Å². The molecule has 0 aliphatic rings. The highest BCUT2D eigenvalue weighted by Gasteiger charge is 2.22. The minimum atomic E-state index is 0.655. The van der Waals surface area contributed by atoms with E-state index in [1.54, 1.807) is 11.3 Å². The number of rotatable bonds is 5. The van der Waals surface area contributed by atoms with E-state index in [9.17, 15) is 0 Å². The van der Waals surface area contributed by atoms with Gasteiger partial charge in [-0.05, 0) is 60.7 Å². The lowest BCUT2D eigenvalue weighted by Crippen LogP contribution is -2.00. The van der Waals surface area contributed by atoms with Crippen LogP contribution < -0.4 is 0 Å². The van der Waals surface area contributed by atoms with Gasteiger partial charge in [-0.25, -0.2) is 15.0 Å². The van der Waals surface area contributed by atoms with E-state index in [0.29, 0.717) is 17.5 Å². The molecule has 0 saturated carbocycles. The van der Waals surface area contributed by atoms with E-state index >= 15 is 0 Å². The number of para-hydroxylation sites is 3. The average molecular weight is 746 g/mol. The first-order valence-corrected chi connectivity index (χ1v) is 19.9. The van der Waals surface area contributed by atoms with E-state index in [-0.39, 0.29) is 0 Å². The van der Waals surface area contributed by atoms with Crippen LogP contribution in [0.1, 0.15) is 0 Å². The topological polar surface area (TPSA) is 48.5 Å². The van der Waals surface area contributed by atoms with Crippen molar-refractivity contribution < 1.29 is 0 Å². The summed E-state index contributed by atoms with van der Waals surface area (Å²) in [5.74, 6) is 1.97. The molecule has 0 aliphatic heterocycles. The zero-order valence-corrected chi connectivity index (χ0v) is 31.4. The Labute approximate surface area is 331 Å². The van der Waals surface area contributed by atoms with Gasteiger partial charge in [0.25, 0.3) is 0 Å². The number of fused-ring (bicyclic) bond motifs is 10. The molecule has 12 rings (SSSR count). The highest BCUT2D eigenvalue weighted by Crippen LogP contribution is 2.44. The van der Waals surface area contributed by atoms with Gasteiger partial charge in [-0.1, -0.05) is 127 Å². The van der Waals surface area contributed by atoms with Crippen molar-refractivity contribution in [2.75, 3.05) is 0 Å². The van der Waals surface area contributed by atoms with Gasteiger partial charge in [0.05, 0.1) is 22.1 Å². The molecular formula is C51H31N5S. The van der Waals surface area contributed by atoms with Crippen LogP contribution in [0.15, 0.2) is 188 Å². The van der Waals surface area contributed by atoms with E-state index in [0.717, 1.165) is 33.5 Å². The first kappa shape index (κ1) is 31.9. The Bertz CT molecular complexity index is 3450. The molecule has 0 N–H and O–H groups in total. The molecule has 5 nitrogen and oxygen atoms in total. The molecular weight excluding hydrogens is 715 g/mol. The summed E-state index contributed by atoms with van der Waals surface area (Å²) in [5.41, 5.74) is 9.91. The second-order valence-electron chi connectivity index (χ2n) is 14.4. The molecule has 4 aromatic heterocycles. The fourth-order valence-electron chi connectivity index (χ4n) is 8.72. The van der Waals surface area contributed by atoms with Crippen LogP contribution in [0.2, 0.25) is 0 Å². The molecule has 12 aromatic rings. The molecule has 0 aliphatic carbocycles. The fraction of sp³-hybridized carbons (Fsp3) is 0. The molecule has 0 radical (unpaired) electrons. The number of benzene rings is 8. The minimum Gasteiger partial charge on any atom is -0.309 e. The third-order valence-corrected chi connectivity index (χ3v) is 12.3. The second-order valence-corrected chi connectivity index (χ2v) is 15.5. The number of thiophene rings is 1. The van der Waals surface area contributed by atoms with E-state index in [1.165, 1.54) is 58.4 Å². The number of nitrogens with zero attached hydrogens (tertiary/aromatic N) is 5. The van der Waals surface area contributed by atoms with Gasteiger partial charge in [0.2, 0.25) is 0 Å². The maximum Gasteiger partial charge on any atom is 0.164 e. The minimum absolute atomic E-state index is 0.655. The number of hydrogen-bond donors (Lipinski definition) is 0. The Morgan fingerprint density at radius 3 is 1.47 bits per heavy atom. The third kappa shape index (κ3) is 4.91. The Morgan fingerprint density at radius 2 is 0.860 bits per heavy atom. The monoisotopic (exact) mass is 745 g/mol. The van der Waals surface area contributed by atoms with Crippen LogP contribution in [-0.2, 0) is 0 Å². The maximum absolute atomic E-state index is 5.14. The average Bonchev–Trinajstić information content (AvgIpc) is 3.94. The van der Waals surface area contributed by atoms with Crippen LogP contribution >= 0.6 is 11.3 Å². The molecule has 8 aromatic carbocycles. The summed E-state index contributed by atoms with van der Waals surface area (Å²) in [6.45, 7) is 0. The van der Waals surface area contributed by atoms with Crippen LogP contribution in [0, 0.1) is 0 Å². The molecule has 57 heavy (non-hydrogen) atoms. The molecule has 0 spiro atoms. The third-order valence-electron chi connectivity index (χ3n) is 11.2. The SMILES string of the molecule is c1ccc(-c2nc(-c3ccccc3)nc(-c3cccc4sc5ccc(-n6c7ccccc7c7c8c9ccccc9n(-c9ccccc9)c8ccc76)cc5c34)n2)cc1. The van der Waals surface area contributed by atoms with E-state index in [2.05, 4.69) is 161 Å². The van der Waals surface area contributed by atoms with Gasteiger partial charge < -0.3 is 9.13 Å². The summed E-state index contributed by atoms with van der Waals surface area (Å²) in [4.78, 5) is 15.3. The summed E-state index contributed by atoms with van der Waals surface area (Å²) >= 11 is 1.81. The fourth-order valence-corrected chi connectivity index (χ4v) is 9.83. The zero-order valence-electron chi connectivity index (χ0n) is 30.5. The van der Waals surface area contributed by atoms with Crippen LogP contribution in [0.4, 0.5) is 0 Å². The zero-order chi connectivity index (χ0) is 37.5. The summed E-state index contributed by atoms with van der Waals surface area (Å²) in [6, 6.07) is 66.6. The van der Waals surface area contributed by atoms with Crippen LogP contribution in [0.25, 0.3) is 109 Å². The lowest BCUT2D eigenvalue weighted by atomic mass is 10.0. The lowest BCUT2D eigenvalue weighted by Gasteiger charge is -2.11. The maximum atomic E-state index is 5.14. The van der Waals surface area contributed by atoms with E-state index in [4.69, 9.17) is 15.0 Å². The standard InChI is InChI=1S/C51H31N5S/c1-4-15-32(16-5-1)49-52-50(33-17-6-2-7-18-33)54-51(53-49)38-23-14-26-45-46(38)39-31-35(27-30-44(39)57-45)56-41-25-13-11-22-37(41)48-43(56)29-28-42-47(48)36-21-10-12-24-40(36)55(42)34-19-8-3-9-20-34/h1-31H. The first-order valence-electron chi connectivity index (χ1n) is 19.1. The van der Waals surface area contributed by atoms with Gasteiger partial charge >= 0.3 is 0 Å². The second kappa shape index (κ2) is 12.6. The molecule has 0 amide bonds. The van der Waals surface area contributed by atoms with Crippen molar-refractivity contribution in [3.8, 4) is 45.5 Å². The summed E-state index contributed by atoms with van der Waals surface area (Å²) in [7, 11) is 0. The van der Waals surface area contributed by atoms with Crippen molar-refractivity contribution in [2.24, 2.45) is 0 Å². The first-order chi connectivity index (χ1) is 28.3. The predicted octanol–water partition coefficient (Wildman–Crippen LogP) is 13.4. The number of hydrogen-bond acceptors (Lipinski definition) is 4. The van der Waals surface area contributed by atoms with Crippen molar-refractivity contribution in [1.82, 2.24) is 24.1 Å². The van der Waals surface area contributed by atoms with Crippen molar-refractivity contribution in [2.45, 2.75) is 0 Å². The van der Waals surface area contributed by atoms with Crippen molar-refractivity contribution in [1.29, 1.82) is 0 Å². The molecule has 0 atom stereocenters. The van der Waals surface area contributed by atoms with Crippen molar-refractivity contribution in [3.05, 3.63) is 188 Å². The molecule has 0 unspecified atom stereocenters. The van der Waals surface area contributed by atoms with Gasteiger partial charge in [0, 0.05) is 69.8 Å². The normalized spacial score (nSPS) is 11.9. The molecule has 266 valence electrons. The van der Waals surface area contributed by atoms with Gasteiger partial charge in [-0.15, -0.1) is 11.3 Å². The molecule has 4 heterocycles. The largest absolute Gasteiger partial charge is 0.309 e. The van der Waals surface area contributed by atoms with Gasteiger partial charge in [0.1, 0.15) is 0 Å². The molecule has 6 heteroatoms. The predicted molar refractivity (Wildman–Crippen MR) is 238 cm³/mol. The lowest BCUT2D eigenvalue weighted by molar-refractivity contribution is 1.08. The van der Waals surface area contributed by atoms with Crippen LogP contribution in [0.5, 0.6) is 0 Å².